The van der Waals surface area contributed by atoms with Crippen molar-refractivity contribution in [2.75, 3.05) is 19.0 Å². The number of rotatable bonds is 5. The fraction of sp³-hybridized carbons (Fsp3) is 0.625. The van der Waals surface area contributed by atoms with E-state index in [0.29, 0.717) is 24.1 Å². The second kappa shape index (κ2) is 6.89. The Kier molecular flexibility index (Phi) is 5.17. The highest BCUT2D eigenvalue weighted by Gasteiger charge is 2.41. The molecule has 1 aromatic heterocycles. The lowest BCUT2D eigenvalue weighted by atomic mass is 9.78. The number of methoxy groups -OCH3 is 1. The average Bonchev–Trinajstić information content (AvgIpc) is 2.49. The molecular formula is C16H24N2O3. The zero-order valence-electron chi connectivity index (χ0n) is 13.0. The number of ether oxygens (including phenoxy) is 2. The second-order valence-electron chi connectivity index (χ2n) is 5.67. The molecule has 1 fully saturated rings. The molecule has 5 heteroatoms. The summed E-state index contributed by atoms with van der Waals surface area (Å²) in [6, 6.07) is 3.55. The third-order valence-electron chi connectivity index (χ3n) is 4.05. The molecule has 1 aliphatic carbocycles. The summed E-state index contributed by atoms with van der Waals surface area (Å²) < 4.78 is 10.9. The van der Waals surface area contributed by atoms with Crippen LogP contribution in [0.5, 0.6) is 5.88 Å². The maximum Gasteiger partial charge on any atom is 0.256 e. The van der Waals surface area contributed by atoms with E-state index < -0.39 is 5.60 Å². The molecular weight excluding hydrogens is 268 g/mol. The topological polar surface area (TPSA) is 60.5 Å². The number of hydrogen-bond donors (Lipinski definition) is 1. The fourth-order valence-corrected chi connectivity index (χ4v) is 2.92. The predicted molar refractivity (Wildman–Crippen MR) is 81.4 cm³/mol. The van der Waals surface area contributed by atoms with Crippen molar-refractivity contribution < 1.29 is 14.3 Å². The summed E-state index contributed by atoms with van der Waals surface area (Å²) in [5.41, 5.74) is -0.0471. The molecule has 0 bridgehead atoms. The highest BCUT2D eigenvalue weighted by atomic mass is 16.5. The van der Waals surface area contributed by atoms with Crippen LogP contribution in [0.1, 0.15) is 39.5 Å². The molecule has 0 spiro atoms. The van der Waals surface area contributed by atoms with Crippen LogP contribution >= 0.6 is 0 Å². The Hall–Kier alpha value is -1.62. The van der Waals surface area contributed by atoms with Crippen molar-refractivity contribution >= 4 is 11.6 Å². The Morgan fingerprint density at radius 2 is 2.33 bits per heavy atom. The van der Waals surface area contributed by atoms with Crippen molar-refractivity contribution in [2.24, 2.45) is 5.92 Å². The maximum atomic E-state index is 12.6. The van der Waals surface area contributed by atoms with E-state index in [0.717, 1.165) is 25.7 Å². The van der Waals surface area contributed by atoms with Gasteiger partial charge in [-0.25, -0.2) is 4.98 Å². The maximum absolute atomic E-state index is 12.6. The van der Waals surface area contributed by atoms with Gasteiger partial charge in [-0.2, -0.15) is 0 Å². The molecule has 21 heavy (non-hydrogen) atoms. The van der Waals surface area contributed by atoms with Crippen LogP contribution in [-0.2, 0) is 9.53 Å². The summed E-state index contributed by atoms with van der Waals surface area (Å²) in [5.74, 6) is 0.980. The summed E-state index contributed by atoms with van der Waals surface area (Å²) in [6.45, 7) is 4.64. The van der Waals surface area contributed by atoms with Crippen LogP contribution in [0.2, 0.25) is 0 Å². The summed E-state index contributed by atoms with van der Waals surface area (Å²) in [4.78, 5) is 16.7. The summed E-state index contributed by atoms with van der Waals surface area (Å²) in [6.07, 6.45) is 5.31. The number of amides is 1. The fourth-order valence-electron chi connectivity index (χ4n) is 2.92. The van der Waals surface area contributed by atoms with E-state index in [9.17, 15) is 4.79 Å². The van der Waals surface area contributed by atoms with Crippen molar-refractivity contribution in [1.82, 2.24) is 4.98 Å². The van der Waals surface area contributed by atoms with Gasteiger partial charge in [0.05, 0.1) is 18.5 Å². The number of carbonyl (C=O) groups excluding carboxylic acids is 1. The summed E-state index contributed by atoms with van der Waals surface area (Å²) >= 11 is 0. The van der Waals surface area contributed by atoms with Gasteiger partial charge in [-0.15, -0.1) is 0 Å². The molecule has 116 valence electrons. The van der Waals surface area contributed by atoms with Gasteiger partial charge in [-0.3, -0.25) is 4.79 Å². The lowest BCUT2D eigenvalue weighted by molar-refractivity contribution is -0.143. The molecule has 0 saturated heterocycles. The van der Waals surface area contributed by atoms with E-state index in [4.69, 9.17) is 9.47 Å². The van der Waals surface area contributed by atoms with Gasteiger partial charge >= 0.3 is 0 Å². The van der Waals surface area contributed by atoms with Crippen molar-refractivity contribution in [3.63, 3.8) is 0 Å². The van der Waals surface area contributed by atoms with Gasteiger partial charge in [-0.05, 0) is 38.2 Å². The van der Waals surface area contributed by atoms with Crippen molar-refractivity contribution in [3.8, 4) is 5.88 Å². The molecule has 1 saturated carbocycles. The van der Waals surface area contributed by atoms with Crippen LogP contribution < -0.4 is 10.1 Å². The smallest absolute Gasteiger partial charge is 0.256 e. The Labute approximate surface area is 126 Å². The molecule has 0 radical (unpaired) electrons. The lowest BCUT2D eigenvalue weighted by Crippen LogP contribution is -2.47. The number of carbonyl (C=O) groups is 1. The van der Waals surface area contributed by atoms with E-state index in [1.165, 1.54) is 0 Å². The van der Waals surface area contributed by atoms with E-state index >= 15 is 0 Å². The van der Waals surface area contributed by atoms with Crippen LogP contribution in [-0.4, -0.2) is 30.2 Å². The number of nitrogens with one attached hydrogen (secondary N) is 1. The highest BCUT2D eigenvalue weighted by molar-refractivity contribution is 5.97. The van der Waals surface area contributed by atoms with Crippen molar-refractivity contribution in [3.05, 3.63) is 18.3 Å². The minimum atomic E-state index is -0.712. The van der Waals surface area contributed by atoms with Gasteiger partial charge in [0.2, 0.25) is 5.88 Å². The SMILES string of the molecule is CCOc1ccc(NC(=O)[C@]2(OC)CCC[C@@H](C)C2)cn1. The molecule has 2 atom stereocenters. The molecule has 2 rings (SSSR count). The second-order valence-corrected chi connectivity index (χ2v) is 5.67. The van der Waals surface area contributed by atoms with Gasteiger partial charge in [-0.1, -0.05) is 13.3 Å². The molecule has 1 amide bonds. The van der Waals surface area contributed by atoms with Crippen LogP contribution in [0, 0.1) is 5.92 Å². The highest BCUT2D eigenvalue weighted by Crippen LogP contribution is 2.35. The molecule has 5 nitrogen and oxygen atoms in total. The number of pyridine rings is 1. The van der Waals surface area contributed by atoms with E-state index in [-0.39, 0.29) is 5.91 Å². The number of hydrogen-bond acceptors (Lipinski definition) is 4. The van der Waals surface area contributed by atoms with Gasteiger partial charge in [0, 0.05) is 13.2 Å². The Bertz CT molecular complexity index is 475. The van der Waals surface area contributed by atoms with E-state index in [1.807, 2.05) is 6.92 Å². The van der Waals surface area contributed by atoms with Crippen LogP contribution in [0.4, 0.5) is 5.69 Å². The Morgan fingerprint density at radius 1 is 1.52 bits per heavy atom. The molecule has 1 aliphatic rings. The van der Waals surface area contributed by atoms with Crippen LogP contribution in [0.15, 0.2) is 18.3 Å². The molecule has 0 aromatic carbocycles. The first-order valence-corrected chi connectivity index (χ1v) is 7.55. The first kappa shape index (κ1) is 15.8. The third-order valence-corrected chi connectivity index (χ3v) is 4.05. The molecule has 1 N–H and O–H groups in total. The zero-order valence-corrected chi connectivity index (χ0v) is 13.0. The largest absolute Gasteiger partial charge is 0.478 e. The first-order chi connectivity index (χ1) is 10.1. The molecule has 1 heterocycles. The third kappa shape index (κ3) is 3.73. The monoisotopic (exact) mass is 292 g/mol. The summed E-state index contributed by atoms with van der Waals surface area (Å²) in [7, 11) is 1.62. The standard InChI is InChI=1S/C16H24N2O3/c1-4-21-14-8-7-13(11-17-14)18-15(19)16(20-3)9-5-6-12(2)10-16/h7-8,11-12H,4-6,9-10H2,1-3H3,(H,18,19)/t12-,16+/m1/s1. The normalized spacial score (nSPS) is 25.4. The minimum absolute atomic E-state index is 0.0810. The Morgan fingerprint density at radius 3 is 2.90 bits per heavy atom. The number of aromatic nitrogens is 1. The molecule has 0 aliphatic heterocycles. The van der Waals surface area contributed by atoms with Crippen molar-refractivity contribution in [2.45, 2.75) is 45.1 Å². The van der Waals surface area contributed by atoms with Crippen LogP contribution in [0.3, 0.4) is 0 Å². The van der Waals surface area contributed by atoms with E-state index in [2.05, 4.69) is 17.2 Å². The van der Waals surface area contributed by atoms with Crippen LogP contribution in [0.25, 0.3) is 0 Å². The summed E-state index contributed by atoms with van der Waals surface area (Å²) in [5, 5.41) is 2.91. The lowest BCUT2D eigenvalue weighted by Gasteiger charge is -2.37. The number of nitrogens with zero attached hydrogens (tertiary/aromatic N) is 1. The quantitative estimate of drug-likeness (QED) is 0.906. The van der Waals surface area contributed by atoms with Gasteiger partial charge in [0.1, 0.15) is 5.60 Å². The van der Waals surface area contributed by atoms with Gasteiger partial charge < -0.3 is 14.8 Å². The zero-order chi connectivity index (χ0) is 15.3. The Balaban J connectivity index is 2.05. The first-order valence-electron chi connectivity index (χ1n) is 7.55. The minimum Gasteiger partial charge on any atom is -0.478 e. The predicted octanol–water partition coefficient (Wildman–Crippen LogP) is 3.01. The van der Waals surface area contributed by atoms with Gasteiger partial charge in [0.25, 0.3) is 5.91 Å². The average molecular weight is 292 g/mol. The molecule has 0 unspecified atom stereocenters. The van der Waals surface area contributed by atoms with Crippen molar-refractivity contribution in [1.29, 1.82) is 0 Å². The number of anilines is 1. The van der Waals surface area contributed by atoms with Gasteiger partial charge in [0.15, 0.2) is 0 Å². The molecule has 1 aromatic rings. The van der Waals surface area contributed by atoms with E-state index in [1.54, 1.807) is 25.4 Å².